The van der Waals surface area contributed by atoms with E-state index in [0.29, 0.717) is 11.3 Å². The van der Waals surface area contributed by atoms with Crippen LogP contribution in [0.5, 0.6) is 0 Å². The van der Waals surface area contributed by atoms with E-state index in [1.54, 1.807) is 13.0 Å². The van der Waals surface area contributed by atoms with Crippen LogP contribution in [0.25, 0.3) is 0 Å². The molecule has 1 aliphatic heterocycles. The molecule has 9 heteroatoms. The molecule has 3 aromatic rings. The van der Waals surface area contributed by atoms with Crippen molar-refractivity contribution in [2.45, 2.75) is 26.2 Å². The van der Waals surface area contributed by atoms with Gasteiger partial charge in [-0.05, 0) is 43.7 Å². The molecule has 1 atom stereocenters. The summed E-state index contributed by atoms with van der Waals surface area (Å²) in [5.74, 6) is -2.70. The molecular weight excluding hydrogens is 401 g/mol. The molecule has 0 spiro atoms. The maximum Gasteiger partial charge on any atom is 0.258 e. The van der Waals surface area contributed by atoms with Gasteiger partial charge in [0, 0.05) is 12.1 Å². The quantitative estimate of drug-likeness (QED) is 0.516. The lowest BCUT2D eigenvalue weighted by molar-refractivity contribution is -0.123. The minimum Gasteiger partial charge on any atom is -0.326 e. The fraction of sp³-hybridized carbons (Fsp3) is 0.182. The summed E-state index contributed by atoms with van der Waals surface area (Å²) >= 11 is 0. The molecule has 0 unspecified atom stereocenters. The first-order chi connectivity index (χ1) is 14.8. The third-order valence-corrected chi connectivity index (χ3v) is 4.96. The lowest BCUT2D eigenvalue weighted by Gasteiger charge is -2.23. The Bertz CT molecular complexity index is 1240. The number of fused-ring (bicyclic) bond motifs is 1. The van der Waals surface area contributed by atoms with Gasteiger partial charge in [0.05, 0.1) is 17.2 Å². The van der Waals surface area contributed by atoms with Gasteiger partial charge in [-0.1, -0.05) is 23.8 Å². The van der Waals surface area contributed by atoms with Crippen LogP contribution in [0.1, 0.15) is 29.0 Å². The molecule has 1 aliphatic rings. The van der Waals surface area contributed by atoms with Crippen molar-refractivity contribution >= 4 is 35.0 Å². The van der Waals surface area contributed by atoms with E-state index >= 15 is 0 Å². The Kier molecular flexibility index (Phi) is 5.24. The molecule has 2 aromatic carbocycles. The summed E-state index contributed by atoms with van der Waals surface area (Å²) in [4.78, 5) is 44.6. The van der Waals surface area contributed by atoms with E-state index in [4.69, 9.17) is 0 Å². The van der Waals surface area contributed by atoms with Crippen LogP contribution < -0.4 is 21.5 Å². The second kappa shape index (κ2) is 8.02. The van der Waals surface area contributed by atoms with Gasteiger partial charge in [0.25, 0.3) is 5.56 Å². The van der Waals surface area contributed by atoms with Gasteiger partial charge in [0.15, 0.2) is 0 Å². The zero-order valence-electron chi connectivity index (χ0n) is 16.9. The van der Waals surface area contributed by atoms with Gasteiger partial charge in [0.1, 0.15) is 11.6 Å². The summed E-state index contributed by atoms with van der Waals surface area (Å²) in [6, 6.07) is 11.8. The molecule has 2 amide bonds. The number of amides is 2. The number of aryl methyl sites for hydroxylation is 2. The Hall–Kier alpha value is -4.01. The van der Waals surface area contributed by atoms with Crippen molar-refractivity contribution in [1.82, 2.24) is 9.97 Å². The van der Waals surface area contributed by atoms with Crippen molar-refractivity contribution in [2.75, 3.05) is 16.0 Å². The van der Waals surface area contributed by atoms with Crippen molar-refractivity contribution in [3.63, 3.8) is 0 Å². The summed E-state index contributed by atoms with van der Waals surface area (Å²) in [6.45, 7) is 3.68. The van der Waals surface area contributed by atoms with Crippen LogP contribution in [0.2, 0.25) is 0 Å². The first-order valence-corrected chi connectivity index (χ1v) is 9.65. The number of nitrogens with zero attached hydrogens (tertiary/aromatic N) is 1. The van der Waals surface area contributed by atoms with Gasteiger partial charge >= 0.3 is 0 Å². The van der Waals surface area contributed by atoms with Gasteiger partial charge in [-0.3, -0.25) is 19.4 Å². The first-order valence-electron chi connectivity index (χ1n) is 9.65. The van der Waals surface area contributed by atoms with Crippen LogP contribution in [-0.2, 0) is 9.59 Å². The number of aromatic amines is 1. The summed E-state index contributed by atoms with van der Waals surface area (Å²) in [5.41, 5.74) is 1.91. The number of nitrogens with one attached hydrogen (secondary N) is 4. The highest BCUT2D eigenvalue weighted by Crippen LogP contribution is 2.30. The number of carbonyl (C=O) groups excluding carboxylic acids is 2. The molecule has 2 heterocycles. The van der Waals surface area contributed by atoms with E-state index in [2.05, 4.69) is 25.9 Å². The van der Waals surface area contributed by atoms with Gasteiger partial charge in [-0.2, -0.15) is 4.98 Å². The summed E-state index contributed by atoms with van der Waals surface area (Å²) in [6.07, 6.45) is -0.248. The van der Waals surface area contributed by atoms with Crippen LogP contribution in [0.3, 0.4) is 0 Å². The van der Waals surface area contributed by atoms with Crippen molar-refractivity contribution in [1.29, 1.82) is 0 Å². The maximum absolute atomic E-state index is 14.1. The predicted molar refractivity (Wildman–Crippen MR) is 115 cm³/mol. The zero-order valence-corrected chi connectivity index (χ0v) is 16.9. The molecule has 0 fully saturated rings. The minimum absolute atomic E-state index is 0.000797. The fourth-order valence-electron chi connectivity index (χ4n) is 3.37. The molecule has 158 valence electrons. The number of benzene rings is 2. The topological polar surface area (TPSA) is 116 Å². The standard InChI is InChI=1S/C22H20FN5O3/c1-11-3-6-13(7-4-11)24-22-27-19-18(21(31)28-22)14(10-17(29)26-19)20(30)25-16-8-5-12(2)9-15(16)23/h3-9,14H,10H2,1-2H3,(H,25,30)(H3,24,26,27,28,29,31)/t14-/m1/s1. The highest BCUT2D eigenvalue weighted by molar-refractivity contribution is 6.04. The number of carbonyl (C=O) groups is 2. The SMILES string of the molecule is Cc1ccc(Nc2nc3c(c(=O)[nH]2)[C@H](C(=O)Nc2ccc(C)cc2F)CC(=O)N3)cc1. The number of H-pyrrole nitrogens is 1. The Morgan fingerprint density at radius 1 is 1.10 bits per heavy atom. The summed E-state index contributed by atoms with van der Waals surface area (Å²) < 4.78 is 14.1. The average Bonchev–Trinajstić information content (AvgIpc) is 2.71. The third-order valence-electron chi connectivity index (χ3n) is 4.96. The van der Waals surface area contributed by atoms with Crippen LogP contribution in [0, 0.1) is 19.7 Å². The molecule has 0 saturated heterocycles. The smallest absolute Gasteiger partial charge is 0.258 e. The van der Waals surface area contributed by atoms with Gasteiger partial charge in [-0.15, -0.1) is 0 Å². The predicted octanol–water partition coefficient (Wildman–Crippen LogP) is 3.33. The second-order valence-corrected chi connectivity index (χ2v) is 7.45. The van der Waals surface area contributed by atoms with E-state index in [-0.39, 0.29) is 29.4 Å². The van der Waals surface area contributed by atoms with Crippen molar-refractivity contribution < 1.29 is 14.0 Å². The van der Waals surface area contributed by atoms with Crippen molar-refractivity contribution in [2.24, 2.45) is 0 Å². The highest BCUT2D eigenvalue weighted by atomic mass is 19.1. The van der Waals surface area contributed by atoms with Gasteiger partial charge in [0.2, 0.25) is 17.8 Å². The van der Waals surface area contributed by atoms with Crippen molar-refractivity contribution in [3.8, 4) is 0 Å². The summed E-state index contributed by atoms with van der Waals surface area (Å²) in [7, 11) is 0. The largest absolute Gasteiger partial charge is 0.326 e. The third kappa shape index (κ3) is 4.30. The summed E-state index contributed by atoms with van der Waals surface area (Å²) in [5, 5.41) is 7.97. The van der Waals surface area contributed by atoms with Gasteiger partial charge < -0.3 is 16.0 Å². The normalized spacial score (nSPS) is 15.1. The number of hydrogen-bond donors (Lipinski definition) is 4. The van der Waals surface area contributed by atoms with E-state index in [0.717, 1.165) is 5.56 Å². The first kappa shape index (κ1) is 20.3. The van der Waals surface area contributed by atoms with Gasteiger partial charge in [-0.25, -0.2) is 4.39 Å². The molecule has 0 saturated carbocycles. The molecular formula is C22H20FN5O3. The average molecular weight is 421 g/mol. The molecule has 1 aromatic heterocycles. The molecule has 0 aliphatic carbocycles. The maximum atomic E-state index is 14.1. The molecule has 8 nitrogen and oxygen atoms in total. The van der Waals surface area contributed by atoms with Crippen LogP contribution in [0.15, 0.2) is 47.3 Å². The van der Waals surface area contributed by atoms with Crippen LogP contribution in [-0.4, -0.2) is 21.8 Å². The Labute approximate surface area is 176 Å². The monoisotopic (exact) mass is 421 g/mol. The van der Waals surface area contributed by atoms with Crippen LogP contribution >= 0.6 is 0 Å². The van der Waals surface area contributed by atoms with E-state index in [9.17, 15) is 18.8 Å². The Morgan fingerprint density at radius 3 is 2.52 bits per heavy atom. The van der Waals surface area contributed by atoms with E-state index in [1.807, 2.05) is 31.2 Å². The number of halogens is 1. The second-order valence-electron chi connectivity index (χ2n) is 7.45. The molecule has 0 radical (unpaired) electrons. The number of rotatable bonds is 4. The Morgan fingerprint density at radius 2 is 1.81 bits per heavy atom. The lowest BCUT2D eigenvalue weighted by Crippen LogP contribution is -2.36. The number of hydrogen-bond acceptors (Lipinski definition) is 5. The highest BCUT2D eigenvalue weighted by Gasteiger charge is 2.35. The molecule has 4 N–H and O–H groups in total. The minimum atomic E-state index is -1.10. The van der Waals surface area contributed by atoms with Crippen molar-refractivity contribution in [3.05, 3.63) is 75.3 Å². The van der Waals surface area contributed by atoms with Crippen LogP contribution in [0.4, 0.5) is 27.5 Å². The zero-order chi connectivity index (χ0) is 22.1. The lowest BCUT2D eigenvalue weighted by atomic mass is 9.92. The molecule has 4 rings (SSSR count). The number of aromatic nitrogens is 2. The van der Waals surface area contributed by atoms with E-state index < -0.39 is 29.1 Å². The number of anilines is 4. The molecule has 0 bridgehead atoms. The Balaban J connectivity index is 1.64. The van der Waals surface area contributed by atoms with E-state index in [1.165, 1.54) is 12.1 Å². The molecule has 31 heavy (non-hydrogen) atoms. The fourth-order valence-corrected chi connectivity index (χ4v) is 3.37.